The van der Waals surface area contributed by atoms with Crippen LogP contribution in [0.15, 0.2) is 36.4 Å². The van der Waals surface area contributed by atoms with Gasteiger partial charge in [-0.3, -0.25) is 14.9 Å². The van der Waals surface area contributed by atoms with Gasteiger partial charge in [0.2, 0.25) is 0 Å². The van der Waals surface area contributed by atoms with Crippen molar-refractivity contribution in [2.45, 2.75) is 0 Å². The average Bonchev–Trinajstić information content (AvgIpc) is 2.60. The zero-order chi connectivity index (χ0) is 17.7. The van der Waals surface area contributed by atoms with Gasteiger partial charge in [0.25, 0.3) is 5.91 Å². The maximum absolute atomic E-state index is 12.5. The highest BCUT2D eigenvalue weighted by atomic mass is 16.6. The highest BCUT2D eigenvalue weighted by Gasteiger charge is 2.20. The molecule has 0 saturated heterocycles. The van der Waals surface area contributed by atoms with Crippen LogP contribution in [0.5, 0.6) is 17.2 Å². The molecule has 0 bridgehead atoms. The van der Waals surface area contributed by atoms with Crippen LogP contribution in [0.1, 0.15) is 10.4 Å². The van der Waals surface area contributed by atoms with E-state index < -0.39 is 10.8 Å². The minimum absolute atomic E-state index is 0.105. The standard InChI is InChI=1S/C16H16N2O6/c1-22-12-8-7-10(9-11(12)18(20)21)17-16(19)15-13(23-2)5-4-6-14(15)24-3/h4-9H,1-3H3,(H,17,19). The molecule has 0 aliphatic heterocycles. The number of anilines is 1. The van der Waals surface area contributed by atoms with Crippen molar-refractivity contribution in [1.82, 2.24) is 0 Å². The quantitative estimate of drug-likeness (QED) is 0.645. The number of methoxy groups -OCH3 is 3. The molecule has 1 amide bonds. The van der Waals surface area contributed by atoms with Gasteiger partial charge < -0.3 is 19.5 Å². The summed E-state index contributed by atoms with van der Waals surface area (Å²) < 4.78 is 15.3. The Labute approximate surface area is 138 Å². The fourth-order valence-electron chi connectivity index (χ4n) is 2.18. The summed E-state index contributed by atoms with van der Waals surface area (Å²) in [6, 6.07) is 9.06. The van der Waals surface area contributed by atoms with Crippen molar-refractivity contribution in [2.75, 3.05) is 26.6 Å². The van der Waals surface area contributed by atoms with Crippen molar-refractivity contribution in [3.8, 4) is 17.2 Å². The van der Waals surface area contributed by atoms with Crippen molar-refractivity contribution in [1.29, 1.82) is 0 Å². The SMILES string of the molecule is COc1ccc(NC(=O)c2c(OC)cccc2OC)cc1[N+](=O)[O-]. The van der Waals surface area contributed by atoms with Crippen molar-refractivity contribution in [3.63, 3.8) is 0 Å². The molecule has 0 atom stereocenters. The van der Waals surface area contributed by atoms with Gasteiger partial charge in [0, 0.05) is 11.8 Å². The summed E-state index contributed by atoms with van der Waals surface area (Å²) in [7, 11) is 4.20. The number of ether oxygens (including phenoxy) is 3. The lowest BCUT2D eigenvalue weighted by atomic mass is 10.1. The van der Waals surface area contributed by atoms with Gasteiger partial charge in [0.1, 0.15) is 17.1 Å². The molecule has 2 aromatic rings. The van der Waals surface area contributed by atoms with Gasteiger partial charge in [0.05, 0.1) is 26.3 Å². The Morgan fingerprint density at radius 2 is 1.58 bits per heavy atom. The molecule has 2 rings (SSSR count). The van der Waals surface area contributed by atoms with Crippen molar-refractivity contribution in [2.24, 2.45) is 0 Å². The molecule has 24 heavy (non-hydrogen) atoms. The third kappa shape index (κ3) is 3.37. The van der Waals surface area contributed by atoms with Gasteiger partial charge in [0.15, 0.2) is 5.75 Å². The van der Waals surface area contributed by atoms with E-state index in [1.54, 1.807) is 18.2 Å². The molecule has 8 nitrogen and oxygen atoms in total. The molecule has 0 aliphatic rings. The van der Waals surface area contributed by atoms with E-state index in [9.17, 15) is 14.9 Å². The Kier molecular flexibility index (Phi) is 5.20. The Bertz CT molecular complexity index is 753. The van der Waals surface area contributed by atoms with E-state index in [2.05, 4.69) is 5.32 Å². The second-order valence-corrected chi connectivity index (χ2v) is 4.64. The summed E-state index contributed by atoms with van der Waals surface area (Å²) >= 11 is 0. The average molecular weight is 332 g/mol. The molecule has 0 fully saturated rings. The molecule has 0 aliphatic carbocycles. The number of nitrogens with one attached hydrogen (secondary N) is 1. The summed E-state index contributed by atoms with van der Waals surface area (Å²) in [4.78, 5) is 23.0. The van der Waals surface area contributed by atoms with Crippen LogP contribution >= 0.6 is 0 Å². The highest BCUT2D eigenvalue weighted by molar-refractivity contribution is 6.08. The van der Waals surface area contributed by atoms with Gasteiger partial charge >= 0.3 is 5.69 Å². The van der Waals surface area contributed by atoms with Gasteiger partial charge in [-0.1, -0.05) is 6.07 Å². The molecule has 8 heteroatoms. The molecule has 0 unspecified atom stereocenters. The first-order valence-electron chi connectivity index (χ1n) is 6.86. The zero-order valence-corrected chi connectivity index (χ0v) is 13.4. The van der Waals surface area contributed by atoms with Crippen LogP contribution in [0.2, 0.25) is 0 Å². The monoisotopic (exact) mass is 332 g/mol. The van der Waals surface area contributed by atoms with Crippen LogP contribution in [0.25, 0.3) is 0 Å². The van der Waals surface area contributed by atoms with Crippen LogP contribution in [0.4, 0.5) is 11.4 Å². The van der Waals surface area contributed by atoms with Gasteiger partial charge in [-0.25, -0.2) is 0 Å². The topological polar surface area (TPSA) is 99.9 Å². The summed E-state index contributed by atoms with van der Waals surface area (Å²) in [6.45, 7) is 0. The first-order valence-corrected chi connectivity index (χ1v) is 6.86. The maximum atomic E-state index is 12.5. The Morgan fingerprint density at radius 1 is 1.00 bits per heavy atom. The summed E-state index contributed by atoms with van der Waals surface area (Å²) in [5, 5.41) is 13.7. The van der Waals surface area contributed by atoms with Gasteiger partial charge in [-0.05, 0) is 24.3 Å². The third-order valence-electron chi connectivity index (χ3n) is 3.29. The number of carbonyl (C=O) groups excluding carboxylic acids is 1. The molecule has 2 aromatic carbocycles. The van der Waals surface area contributed by atoms with Gasteiger partial charge in [-0.2, -0.15) is 0 Å². The predicted molar refractivity (Wildman–Crippen MR) is 87.1 cm³/mol. The normalized spacial score (nSPS) is 9.96. The first-order chi connectivity index (χ1) is 11.5. The van der Waals surface area contributed by atoms with E-state index in [0.29, 0.717) is 11.5 Å². The number of carbonyl (C=O) groups is 1. The third-order valence-corrected chi connectivity index (χ3v) is 3.29. The summed E-state index contributed by atoms with van der Waals surface area (Å²) in [6.07, 6.45) is 0. The van der Waals surface area contributed by atoms with Crippen LogP contribution in [0.3, 0.4) is 0 Å². The summed E-state index contributed by atoms with van der Waals surface area (Å²) in [5.41, 5.74) is 0.198. The molecule has 126 valence electrons. The zero-order valence-electron chi connectivity index (χ0n) is 13.4. The fourth-order valence-corrected chi connectivity index (χ4v) is 2.18. The van der Waals surface area contributed by atoms with Crippen LogP contribution in [-0.4, -0.2) is 32.2 Å². The number of nitro groups is 1. The largest absolute Gasteiger partial charge is 0.496 e. The second kappa shape index (κ2) is 7.32. The van der Waals surface area contributed by atoms with Crippen molar-refractivity contribution in [3.05, 3.63) is 52.1 Å². The van der Waals surface area contributed by atoms with Crippen molar-refractivity contribution >= 4 is 17.3 Å². The molecule has 0 saturated carbocycles. The molecule has 0 heterocycles. The number of nitrogens with zero attached hydrogens (tertiary/aromatic N) is 1. The summed E-state index contributed by atoms with van der Waals surface area (Å²) in [5.74, 6) is 0.251. The Hall–Kier alpha value is -3.29. The van der Waals surface area contributed by atoms with Crippen LogP contribution in [-0.2, 0) is 0 Å². The number of nitro benzene ring substituents is 1. The lowest BCUT2D eigenvalue weighted by molar-refractivity contribution is -0.385. The van der Waals surface area contributed by atoms with E-state index >= 15 is 0 Å². The Balaban J connectivity index is 2.37. The number of hydrogen-bond acceptors (Lipinski definition) is 6. The molecule has 0 spiro atoms. The smallest absolute Gasteiger partial charge is 0.312 e. The van der Waals surface area contributed by atoms with E-state index in [4.69, 9.17) is 14.2 Å². The molecular formula is C16H16N2O6. The van der Waals surface area contributed by atoms with Crippen molar-refractivity contribution < 1.29 is 23.9 Å². The number of hydrogen-bond donors (Lipinski definition) is 1. The van der Waals surface area contributed by atoms with E-state index in [0.717, 1.165) is 0 Å². The molecular weight excluding hydrogens is 316 g/mol. The first kappa shape index (κ1) is 17.1. The number of benzene rings is 2. The second-order valence-electron chi connectivity index (χ2n) is 4.64. The predicted octanol–water partition coefficient (Wildman–Crippen LogP) is 2.87. The van der Waals surface area contributed by atoms with E-state index in [1.165, 1.54) is 39.5 Å². The Morgan fingerprint density at radius 3 is 2.08 bits per heavy atom. The minimum Gasteiger partial charge on any atom is -0.496 e. The molecule has 0 aromatic heterocycles. The lowest BCUT2D eigenvalue weighted by Gasteiger charge is -2.13. The van der Waals surface area contributed by atoms with E-state index in [-0.39, 0.29) is 22.7 Å². The van der Waals surface area contributed by atoms with Gasteiger partial charge in [-0.15, -0.1) is 0 Å². The number of amides is 1. The maximum Gasteiger partial charge on any atom is 0.312 e. The molecule has 0 radical (unpaired) electrons. The fraction of sp³-hybridized carbons (Fsp3) is 0.188. The van der Waals surface area contributed by atoms with Crippen LogP contribution < -0.4 is 19.5 Å². The highest BCUT2D eigenvalue weighted by Crippen LogP contribution is 2.32. The van der Waals surface area contributed by atoms with E-state index in [1.807, 2.05) is 0 Å². The molecule has 1 N–H and O–H groups in total. The van der Waals surface area contributed by atoms with Crippen LogP contribution in [0, 0.1) is 10.1 Å². The lowest BCUT2D eigenvalue weighted by Crippen LogP contribution is -2.14. The minimum atomic E-state index is -0.585. The number of rotatable bonds is 6.